The van der Waals surface area contributed by atoms with Crippen LogP contribution in [0.15, 0.2) is 18.2 Å². The van der Waals surface area contributed by atoms with E-state index in [1.165, 1.54) is 17.0 Å². The van der Waals surface area contributed by atoms with Gasteiger partial charge in [-0.1, -0.05) is 11.6 Å². The fraction of sp³-hybridized carbons (Fsp3) is 0.333. The second-order valence-electron chi connectivity index (χ2n) is 4.62. The highest BCUT2D eigenvalue weighted by Crippen LogP contribution is 2.27. The molecular weight excluding hydrogens is 302 g/mol. The third kappa shape index (κ3) is 3.40. The maximum absolute atomic E-state index is 12.0. The van der Waals surface area contributed by atoms with Crippen LogP contribution in [0.3, 0.4) is 0 Å². The Labute approximate surface area is 124 Å². The smallest absolute Gasteiger partial charge is 0.321 e. The predicted octanol–water partition coefficient (Wildman–Crippen LogP) is 2.19. The van der Waals surface area contributed by atoms with Gasteiger partial charge in [0.2, 0.25) is 0 Å². The molecule has 1 aromatic carbocycles. The second-order valence-corrected chi connectivity index (χ2v) is 5.03. The van der Waals surface area contributed by atoms with Gasteiger partial charge in [-0.25, -0.2) is 4.79 Å². The molecule has 1 aliphatic heterocycles. The first-order valence-corrected chi connectivity index (χ1v) is 6.49. The maximum atomic E-state index is 12.0. The Morgan fingerprint density at radius 2 is 2.19 bits per heavy atom. The molecule has 0 spiro atoms. The number of hydrogen-bond donors (Lipinski definition) is 2. The second kappa shape index (κ2) is 5.96. The van der Waals surface area contributed by atoms with Crippen molar-refractivity contribution in [2.24, 2.45) is 5.92 Å². The molecule has 0 aliphatic carbocycles. The third-order valence-corrected chi connectivity index (χ3v) is 3.54. The predicted molar refractivity (Wildman–Crippen MR) is 74.4 cm³/mol. The number of nitrogens with zero attached hydrogens (tertiary/aromatic N) is 2. The number of carbonyl (C=O) groups excluding carboxylic acids is 1. The summed E-state index contributed by atoms with van der Waals surface area (Å²) in [4.78, 5) is 34.3. The Balaban J connectivity index is 2.05. The number of nitro groups is 1. The molecule has 0 bridgehead atoms. The summed E-state index contributed by atoms with van der Waals surface area (Å²) < 4.78 is 0. The number of carboxylic acids is 1. The summed E-state index contributed by atoms with van der Waals surface area (Å²) in [5.74, 6) is -1.51. The van der Waals surface area contributed by atoms with Gasteiger partial charge in [0, 0.05) is 24.8 Å². The normalized spacial score (nSPS) is 17.6. The summed E-state index contributed by atoms with van der Waals surface area (Å²) >= 11 is 5.68. The molecule has 1 heterocycles. The molecule has 1 aromatic rings. The minimum Gasteiger partial charge on any atom is -0.481 e. The topological polar surface area (TPSA) is 113 Å². The number of hydrogen-bond acceptors (Lipinski definition) is 4. The average molecular weight is 314 g/mol. The van der Waals surface area contributed by atoms with Crippen molar-refractivity contribution >= 4 is 35.0 Å². The van der Waals surface area contributed by atoms with Gasteiger partial charge in [0.15, 0.2) is 0 Å². The molecule has 8 nitrogen and oxygen atoms in total. The van der Waals surface area contributed by atoms with Gasteiger partial charge in [-0.2, -0.15) is 0 Å². The Morgan fingerprint density at radius 3 is 2.76 bits per heavy atom. The van der Waals surface area contributed by atoms with Crippen LogP contribution in [-0.4, -0.2) is 40.0 Å². The first-order chi connectivity index (χ1) is 9.88. The molecule has 2 amide bonds. The third-order valence-electron chi connectivity index (χ3n) is 3.22. The number of nitrogens with one attached hydrogen (secondary N) is 1. The highest BCUT2D eigenvalue weighted by Gasteiger charge is 2.31. The maximum Gasteiger partial charge on any atom is 0.321 e. The summed E-state index contributed by atoms with van der Waals surface area (Å²) in [6.45, 7) is 0.454. The Kier molecular flexibility index (Phi) is 4.27. The van der Waals surface area contributed by atoms with Crippen molar-refractivity contribution in [3.05, 3.63) is 33.3 Å². The van der Waals surface area contributed by atoms with Crippen molar-refractivity contribution < 1.29 is 19.6 Å². The van der Waals surface area contributed by atoms with E-state index in [0.717, 1.165) is 6.07 Å². The number of nitro benzene ring substituents is 1. The molecule has 2 N–H and O–H groups in total. The quantitative estimate of drug-likeness (QED) is 0.656. The van der Waals surface area contributed by atoms with E-state index in [-0.39, 0.29) is 22.9 Å². The Morgan fingerprint density at radius 1 is 1.48 bits per heavy atom. The number of urea groups is 1. The Hall–Kier alpha value is -2.35. The van der Waals surface area contributed by atoms with Gasteiger partial charge >= 0.3 is 12.0 Å². The lowest BCUT2D eigenvalue weighted by Crippen LogP contribution is -2.33. The molecule has 21 heavy (non-hydrogen) atoms. The number of benzene rings is 1. The molecule has 1 unspecified atom stereocenters. The van der Waals surface area contributed by atoms with Crippen LogP contribution in [-0.2, 0) is 4.79 Å². The summed E-state index contributed by atoms with van der Waals surface area (Å²) in [6, 6.07) is 3.43. The van der Waals surface area contributed by atoms with Crippen LogP contribution in [0.5, 0.6) is 0 Å². The zero-order valence-corrected chi connectivity index (χ0v) is 11.5. The van der Waals surface area contributed by atoms with Crippen molar-refractivity contribution in [3.8, 4) is 0 Å². The van der Waals surface area contributed by atoms with E-state index in [0.29, 0.717) is 13.0 Å². The van der Waals surface area contributed by atoms with Gasteiger partial charge < -0.3 is 15.3 Å². The highest BCUT2D eigenvalue weighted by molar-refractivity contribution is 6.32. The van der Waals surface area contributed by atoms with E-state index in [2.05, 4.69) is 5.32 Å². The van der Waals surface area contributed by atoms with E-state index >= 15 is 0 Å². The van der Waals surface area contributed by atoms with Gasteiger partial charge in [-0.15, -0.1) is 0 Å². The first-order valence-electron chi connectivity index (χ1n) is 6.11. The number of aliphatic carboxylic acids is 1. The van der Waals surface area contributed by atoms with E-state index < -0.39 is 22.8 Å². The zero-order valence-electron chi connectivity index (χ0n) is 10.8. The molecule has 0 aromatic heterocycles. The minimum atomic E-state index is -0.938. The molecule has 1 aliphatic rings. The van der Waals surface area contributed by atoms with Crippen molar-refractivity contribution in [1.29, 1.82) is 0 Å². The summed E-state index contributed by atoms with van der Waals surface area (Å²) in [6.07, 6.45) is 0.392. The van der Waals surface area contributed by atoms with Crippen molar-refractivity contribution in [2.45, 2.75) is 6.42 Å². The Bertz CT molecular complexity index is 607. The SMILES string of the molecule is O=C(O)C1CCN(C(=O)Nc2ccc(Cl)c([N+](=O)[O-])c2)C1. The largest absolute Gasteiger partial charge is 0.481 e. The van der Waals surface area contributed by atoms with E-state index in [4.69, 9.17) is 16.7 Å². The van der Waals surface area contributed by atoms with Crippen molar-refractivity contribution in [1.82, 2.24) is 4.90 Å². The standard InChI is InChI=1S/C12H12ClN3O5/c13-9-2-1-8(5-10(9)16(20)21)14-12(19)15-4-3-7(6-15)11(17)18/h1-2,5,7H,3-4,6H2,(H,14,19)(H,17,18). The lowest BCUT2D eigenvalue weighted by molar-refractivity contribution is -0.384. The van der Waals surface area contributed by atoms with Crippen LogP contribution < -0.4 is 5.32 Å². The van der Waals surface area contributed by atoms with Crippen LogP contribution in [0, 0.1) is 16.0 Å². The molecular formula is C12H12ClN3O5. The first kappa shape index (κ1) is 15.0. The lowest BCUT2D eigenvalue weighted by atomic mass is 10.1. The molecule has 1 saturated heterocycles. The van der Waals surface area contributed by atoms with Gasteiger partial charge in [0.1, 0.15) is 5.02 Å². The zero-order chi connectivity index (χ0) is 15.6. The lowest BCUT2D eigenvalue weighted by Gasteiger charge is -2.16. The van der Waals surface area contributed by atoms with Crippen LogP contribution in [0.2, 0.25) is 5.02 Å². The number of likely N-dealkylation sites (tertiary alicyclic amines) is 1. The average Bonchev–Trinajstić information content (AvgIpc) is 2.90. The van der Waals surface area contributed by atoms with E-state index in [1.54, 1.807) is 0 Å². The molecule has 112 valence electrons. The van der Waals surface area contributed by atoms with Crippen LogP contribution in [0.25, 0.3) is 0 Å². The molecule has 2 rings (SSSR count). The number of carbonyl (C=O) groups is 2. The fourth-order valence-corrected chi connectivity index (χ4v) is 2.27. The number of halogens is 1. The van der Waals surface area contributed by atoms with Crippen LogP contribution in [0.4, 0.5) is 16.2 Å². The molecule has 1 fully saturated rings. The molecule has 0 saturated carbocycles. The number of amides is 2. The summed E-state index contributed by atoms with van der Waals surface area (Å²) in [5.41, 5.74) is -0.0748. The minimum absolute atomic E-state index is 0.0230. The van der Waals surface area contributed by atoms with Gasteiger partial charge in [-0.05, 0) is 18.6 Å². The molecule has 0 radical (unpaired) electrons. The summed E-state index contributed by atoms with van der Waals surface area (Å²) in [7, 11) is 0. The van der Waals surface area contributed by atoms with Crippen LogP contribution >= 0.6 is 11.6 Å². The van der Waals surface area contributed by atoms with Crippen molar-refractivity contribution in [3.63, 3.8) is 0 Å². The van der Waals surface area contributed by atoms with Crippen molar-refractivity contribution in [2.75, 3.05) is 18.4 Å². The van der Waals surface area contributed by atoms with Gasteiger partial charge in [0.25, 0.3) is 5.69 Å². The van der Waals surface area contributed by atoms with Gasteiger partial charge in [-0.3, -0.25) is 14.9 Å². The summed E-state index contributed by atoms with van der Waals surface area (Å²) in [5, 5.41) is 22.1. The molecule has 1 atom stereocenters. The number of anilines is 1. The van der Waals surface area contributed by atoms with Crippen LogP contribution in [0.1, 0.15) is 6.42 Å². The molecule has 9 heteroatoms. The fourth-order valence-electron chi connectivity index (χ4n) is 2.08. The monoisotopic (exact) mass is 313 g/mol. The van der Waals surface area contributed by atoms with E-state index in [9.17, 15) is 19.7 Å². The number of rotatable bonds is 3. The highest BCUT2D eigenvalue weighted by atomic mass is 35.5. The van der Waals surface area contributed by atoms with Gasteiger partial charge in [0.05, 0.1) is 10.8 Å². The number of carboxylic acid groups (broad SMARTS) is 1. The van der Waals surface area contributed by atoms with E-state index in [1.807, 2.05) is 0 Å².